The van der Waals surface area contributed by atoms with E-state index < -0.39 is 11.4 Å². The Morgan fingerprint density at radius 1 is 1.25 bits per heavy atom. The molecule has 32 heavy (non-hydrogen) atoms. The van der Waals surface area contributed by atoms with Gasteiger partial charge in [0, 0.05) is 36.8 Å². The number of nitrogens with one attached hydrogen (secondary N) is 1. The maximum absolute atomic E-state index is 13.8. The molecule has 2 heterocycles. The summed E-state index contributed by atoms with van der Waals surface area (Å²) < 4.78 is 0. The first-order valence-corrected chi connectivity index (χ1v) is 11.2. The van der Waals surface area contributed by atoms with Gasteiger partial charge in [0.25, 0.3) is 5.91 Å². The summed E-state index contributed by atoms with van der Waals surface area (Å²) in [6.45, 7) is 3.66. The standard InChI is InChI=1S/C24H28ClN3O4/c1-3-18-8-6-14-28(22(18)30)32-23(31)24(16-27-17(2)29,20-10-12-26-13-11-20)15-19-7-4-5-9-21(19)25/h4-5,7,9-13,18H,3,6,8,14-16H2,1-2H3,(H,27,29)/t18-,24?/m1/s1. The number of carbonyl (C=O) groups excluding carboxylic acids is 3. The number of nitrogens with zero attached hydrogens (tertiary/aromatic N) is 2. The third kappa shape index (κ3) is 5.27. The van der Waals surface area contributed by atoms with Crippen LogP contribution >= 0.6 is 11.6 Å². The fraction of sp³-hybridized carbons (Fsp3) is 0.417. The van der Waals surface area contributed by atoms with E-state index in [1.54, 1.807) is 30.6 Å². The summed E-state index contributed by atoms with van der Waals surface area (Å²) in [6, 6.07) is 10.7. The molecule has 0 saturated carbocycles. The van der Waals surface area contributed by atoms with Gasteiger partial charge in [-0.05, 0) is 55.0 Å². The molecule has 1 aliphatic rings. The van der Waals surface area contributed by atoms with E-state index in [1.807, 2.05) is 25.1 Å². The molecule has 1 N–H and O–H groups in total. The zero-order chi connectivity index (χ0) is 23.1. The summed E-state index contributed by atoms with van der Waals surface area (Å²) in [4.78, 5) is 48.2. The van der Waals surface area contributed by atoms with Crippen molar-refractivity contribution in [2.75, 3.05) is 13.1 Å². The zero-order valence-corrected chi connectivity index (χ0v) is 19.1. The van der Waals surface area contributed by atoms with E-state index in [-0.39, 0.29) is 30.7 Å². The van der Waals surface area contributed by atoms with Gasteiger partial charge in [-0.15, -0.1) is 0 Å². The Balaban J connectivity index is 2.02. The minimum Gasteiger partial charge on any atom is -0.355 e. The van der Waals surface area contributed by atoms with Crippen molar-refractivity contribution in [2.24, 2.45) is 5.92 Å². The van der Waals surface area contributed by atoms with E-state index in [2.05, 4.69) is 10.3 Å². The first kappa shape index (κ1) is 23.7. The number of amides is 2. The van der Waals surface area contributed by atoms with Gasteiger partial charge in [0.2, 0.25) is 5.91 Å². The summed E-state index contributed by atoms with van der Waals surface area (Å²) >= 11 is 6.42. The Bertz CT molecular complexity index is 969. The number of rotatable bonds is 8. The number of benzene rings is 1. The molecular weight excluding hydrogens is 430 g/mol. The van der Waals surface area contributed by atoms with Crippen LogP contribution in [-0.2, 0) is 31.1 Å². The van der Waals surface area contributed by atoms with Crippen molar-refractivity contribution in [2.45, 2.75) is 44.9 Å². The Morgan fingerprint density at radius 2 is 1.97 bits per heavy atom. The van der Waals surface area contributed by atoms with Crippen LogP contribution in [0.15, 0.2) is 48.8 Å². The third-order valence-electron chi connectivity index (χ3n) is 5.91. The molecule has 1 saturated heterocycles. The van der Waals surface area contributed by atoms with Crippen molar-refractivity contribution in [3.8, 4) is 0 Å². The Hall–Kier alpha value is -2.93. The molecule has 8 heteroatoms. The van der Waals surface area contributed by atoms with Crippen molar-refractivity contribution in [1.29, 1.82) is 0 Å². The van der Waals surface area contributed by atoms with Crippen LogP contribution in [0.25, 0.3) is 0 Å². The minimum absolute atomic E-state index is 0.0182. The predicted octanol–water partition coefficient (Wildman–Crippen LogP) is 3.46. The number of hydroxylamine groups is 2. The molecule has 0 bridgehead atoms. The van der Waals surface area contributed by atoms with E-state index in [1.165, 1.54) is 12.0 Å². The van der Waals surface area contributed by atoms with Crippen LogP contribution in [0.3, 0.4) is 0 Å². The first-order valence-electron chi connectivity index (χ1n) is 10.8. The van der Waals surface area contributed by atoms with Crippen LogP contribution in [0.1, 0.15) is 44.2 Å². The molecule has 170 valence electrons. The van der Waals surface area contributed by atoms with Gasteiger partial charge in [-0.3, -0.25) is 14.6 Å². The zero-order valence-electron chi connectivity index (χ0n) is 18.3. The second kappa shape index (κ2) is 10.6. The Morgan fingerprint density at radius 3 is 2.62 bits per heavy atom. The smallest absolute Gasteiger partial charge is 0.345 e. The lowest BCUT2D eigenvalue weighted by Gasteiger charge is -2.36. The lowest BCUT2D eigenvalue weighted by atomic mass is 9.75. The van der Waals surface area contributed by atoms with Gasteiger partial charge in [0.05, 0.1) is 6.54 Å². The lowest BCUT2D eigenvalue weighted by molar-refractivity contribution is -0.210. The van der Waals surface area contributed by atoms with Gasteiger partial charge in [-0.2, -0.15) is 5.06 Å². The van der Waals surface area contributed by atoms with E-state index in [0.717, 1.165) is 18.4 Å². The molecule has 1 aromatic heterocycles. The number of carbonyl (C=O) groups is 3. The molecule has 1 fully saturated rings. The lowest BCUT2D eigenvalue weighted by Crippen LogP contribution is -2.52. The molecule has 7 nitrogen and oxygen atoms in total. The summed E-state index contributed by atoms with van der Waals surface area (Å²) in [5.41, 5.74) is 0.0336. The minimum atomic E-state index is -1.31. The average Bonchev–Trinajstić information content (AvgIpc) is 2.79. The number of pyridine rings is 1. The van der Waals surface area contributed by atoms with Gasteiger partial charge < -0.3 is 10.2 Å². The molecule has 1 aromatic carbocycles. The van der Waals surface area contributed by atoms with E-state index in [4.69, 9.17) is 16.4 Å². The number of hydrogen-bond donors (Lipinski definition) is 1. The largest absolute Gasteiger partial charge is 0.355 e. The van der Waals surface area contributed by atoms with Gasteiger partial charge in [-0.25, -0.2) is 4.79 Å². The summed E-state index contributed by atoms with van der Waals surface area (Å²) in [6.07, 6.45) is 5.57. The van der Waals surface area contributed by atoms with Crippen LogP contribution in [0.4, 0.5) is 0 Å². The van der Waals surface area contributed by atoms with Gasteiger partial charge in [-0.1, -0.05) is 36.7 Å². The SMILES string of the molecule is CC[C@@H]1CCCN(OC(=O)C(CNC(C)=O)(Cc2ccccc2Cl)c2ccncc2)C1=O. The van der Waals surface area contributed by atoms with Crippen molar-refractivity contribution in [1.82, 2.24) is 15.4 Å². The number of halogens is 1. The second-order valence-electron chi connectivity index (χ2n) is 8.06. The summed E-state index contributed by atoms with van der Waals surface area (Å²) in [5.74, 6) is -1.25. The number of piperidine rings is 1. The van der Waals surface area contributed by atoms with Gasteiger partial charge in [0.1, 0.15) is 5.41 Å². The molecule has 1 unspecified atom stereocenters. The molecular formula is C24H28ClN3O4. The Kier molecular flexibility index (Phi) is 7.85. The molecule has 0 spiro atoms. The summed E-state index contributed by atoms with van der Waals surface area (Å²) in [7, 11) is 0. The van der Waals surface area contributed by atoms with E-state index in [9.17, 15) is 14.4 Å². The molecule has 0 aliphatic carbocycles. The second-order valence-corrected chi connectivity index (χ2v) is 8.47. The van der Waals surface area contributed by atoms with Crippen LogP contribution in [0.5, 0.6) is 0 Å². The quantitative estimate of drug-likeness (QED) is 0.655. The van der Waals surface area contributed by atoms with Crippen LogP contribution in [-0.4, -0.2) is 40.9 Å². The molecule has 2 atom stereocenters. The first-order chi connectivity index (χ1) is 15.4. The van der Waals surface area contributed by atoms with Gasteiger partial charge in [0.15, 0.2) is 0 Å². The van der Waals surface area contributed by atoms with Crippen LogP contribution in [0, 0.1) is 5.92 Å². The molecule has 1 aliphatic heterocycles. The average molecular weight is 458 g/mol. The summed E-state index contributed by atoms with van der Waals surface area (Å²) in [5, 5.41) is 4.45. The van der Waals surface area contributed by atoms with E-state index in [0.29, 0.717) is 23.6 Å². The van der Waals surface area contributed by atoms with Crippen molar-refractivity contribution in [3.63, 3.8) is 0 Å². The third-order valence-corrected chi connectivity index (χ3v) is 6.28. The van der Waals surface area contributed by atoms with Gasteiger partial charge >= 0.3 is 5.97 Å². The topological polar surface area (TPSA) is 88.6 Å². The van der Waals surface area contributed by atoms with Crippen molar-refractivity contribution in [3.05, 3.63) is 64.9 Å². The highest BCUT2D eigenvalue weighted by Gasteiger charge is 2.45. The maximum atomic E-state index is 13.8. The predicted molar refractivity (Wildman–Crippen MR) is 121 cm³/mol. The highest BCUT2D eigenvalue weighted by atomic mass is 35.5. The molecule has 2 amide bonds. The fourth-order valence-electron chi connectivity index (χ4n) is 4.02. The molecule has 2 aromatic rings. The molecule has 3 rings (SSSR count). The van der Waals surface area contributed by atoms with Crippen molar-refractivity contribution < 1.29 is 19.2 Å². The monoisotopic (exact) mass is 457 g/mol. The maximum Gasteiger partial charge on any atom is 0.345 e. The normalized spacial score (nSPS) is 18.0. The van der Waals surface area contributed by atoms with E-state index >= 15 is 0 Å². The highest BCUT2D eigenvalue weighted by Crippen LogP contribution is 2.33. The fourth-order valence-corrected chi connectivity index (χ4v) is 4.22. The highest BCUT2D eigenvalue weighted by molar-refractivity contribution is 6.31. The van der Waals surface area contributed by atoms with Crippen molar-refractivity contribution >= 4 is 29.4 Å². The van der Waals surface area contributed by atoms with Crippen LogP contribution in [0.2, 0.25) is 5.02 Å². The number of aromatic nitrogens is 1. The number of hydrogen-bond acceptors (Lipinski definition) is 5. The Labute approximate surface area is 193 Å². The molecule has 0 radical (unpaired) electrons. The van der Waals surface area contributed by atoms with Crippen LogP contribution < -0.4 is 5.32 Å².